The number of halogens is 2. The summed E-state index contributed by atoms with van der Waals surface area (Å²) in [5.74, 6) is -0.736. The van der Waals surface area contributed by atoms with Gasteiger partial charge in [-0.25, -0.2) is 8.78 Å². The lowest BCUT2D eigenvalue weighted by Crippen LogP contribution is -2.28. The Hall–Kier alpha value is -1.32. The van der Waals surface area contributed by atoms with Crippen LogP contribution in [-0.4, -0.2) is 6.04 Å². The van der Waals surface area contributed by atoms with E-state index < -0.39 is 11.6 Å². The standard InChI is InChI=1S/C14H20F2N2/c1-9(10-5-3-2-4-6-10)18-14-12(15)7-11(17)8-13(14)16/h7-10,18H,2-6,17H2,1H3. The van der Waals surface area contributed by atoms with E-state index >= 15 is 0 Å². The fraction of sp³-hybridized carbons (Fsp3) is 0.571. The van der Waals surface area contributed by atoms with Crippen LogP contribution < -0.4 is 11.1 Å². The van der Waals surface area contributed by atoms with Crippen LogP contribution in [0, 0.1) is 17.6 Å². The molecule has 3 N–H and O–H groups in total. The van der Waals surface area contributed by atoms with Crippen LogP contribution in [0.15, 0.2) is 12.1 Å². The van der Waals surface area contributed by atoms with E-state index in [4.69, 9.17) is 5.73 Å². The first-order valence-corrected chi connectivity index (χ1v) is 6.59. The lowest BCUT2D eigenvalue weighted by molar-refractivity contribution is 0.327. The molecule has 18 heavy (non-hydrogen) atoms. The highest BCUT2D eigenvalue weighted by molar-refractivity contribution is 5.54. The van der Waals surface area contributed by atoms with Crippen LogP contribution in [0.5, 0.6) is 0 Å². The summed E-state index contributed by atoms with van der Waals surface area (Å²) < 4.78 is 27.3. The van der Waals surface area contributed by atoms with E-state index in [9.17, 15) is 8.78 Å². The van der Waals surface area contributed by atoms with E-state index in [0.29, 0.717) is 5.92 Å². The maximum Gasteiger partial charge on any atom is 0.151 e. The minimum atomic E-state index is -0.616. The van der Waals surface area contributed by atoms with E-state index in [0.717, 1.165) is 25.0 Å². The molecule has 4 heteroatoms. The molecule has 0 saturated heterocycles. The molecule has 1 saturated carbocycles. The molecule has 100 valence electrons. The Balaban J connectivity index is 2.08. The Bertz CT molecular complexity index is 391. The molecule has 0 spiro atoms. The van der Waals surface area contributed by atoms with Gasteiger partial charge in [0.05, 0.1) is 0 Å². The zero-order valence-corrected chi connectivity index (χ0v) is 10.7. The average Bonchev–Trinajstić information content (AvgIpc) is 2.34. The van der Waals surface area contributed by atoms with Crippen LogP contribution in [0.25, 0.3) is 0 Å². The summed E-state index contributed by atoms with van der Waals surface area (Å²) in [5.41, 5.74) is 5.45. The molecule has 0 heterocycles. The molecule has 0 aromatic heterocycles. The molecule has 1 aliphatic carbocycles. The van der Waals surface area contributed by atoms with Gasteiger partial charge in [-0.05, 0) is 37.8 Å². The number of anilines is 2. The van der Waals surface area contributed by atoms with Gasteiger partial charge in [0.25, 0.3) is 0 Å². The summed E-state index contributed by atoms with van der Waals surface area (Å²) >= 11 is 0. The highest BCUT2D eigenvalue weighted by atomic mass is 19.1. The third-order valence-electron chi connectivity index (χ3n) is 3.79. The number of nitrogens with one attached hydrogen (secondary N) is 1. The van der Waals surface area contributed by atoms with Crippen molar-refractivity contribution in [3.05, 3.63) is 23.8 Å². The van der Waals surface area contributed by atoms with Gasteiger partial charge in [-0.3, -0.25) is 0 Å². The number of hydrogen-bond acceptors (Lipinski definition) is 2. The summed E-state index contributed by atoms with van der Waals surface area (Å²) in [7, 11) is 0. The fourth-order valence-corrected chi connectivity index (χ4v) is 2.71. The predicted octanol–water partition coefficient (Wildman–Crippen LogP) is 3.93. The van der Waals surface area contributed by atoms with Crippen molar-refractivity contribution in [3.8, 4) is 0 Å². The molecular formula is C14H20F2N2. The zero-order valence-electron chi connectivity index (χ0n) is 10.7. The Kier molecular flexibility index (Phi) is 4.04. The van der Waals surface area contributed by atoms with Crippen molar-refractivity contribution >= 4 is 11.4 Å². The molecule has 1 fully saturated rings. The smallest absolute Gasteiger partial charge is 0.151 e. The minimum absolute atomic E-state index is 0.0535. The second-order valence-corrected chi connectivity index (χ2v) is 5.19. The van der Waals surface area contributed by atoms with Crippen LogP contribution in [0.3, 0.4) is 0 Å². The van der Waals surface area contributed by atoms with Gasteiger partial charge < -0.3 is 11.1 Å². The van der Waals surface area contributed by atoms with Crippen LogP contribution in [0.2, 0.25) is 0 Å². The lowest BCUT2D eigenvalue weighted by atomic mass is 9.84. The third kappa shape index (κ3) is 2.92. The van der Waals surface area contributed by atoms with Crippen molar-refractivity contribution in [2.45, 2.75) is 45.1 Å². The first-order chi connectivity index (χ1) is 8.58. The highest BCUT2D eigenvalue weighted by Gasteiger charge is 2.22. The maximum absolute atomic E-state index is 13.7. The molecule has 0 aliphatic heterocycles. The molecule has 0 radical (unpaired) electrons. The Morgan fingerprint density at radius 1 is 1.17 bits per heavy atom. The minimum Gasteiger partial charge on any atom is -0.399 e. The molecule has 1 aromatic rings. The topological polar surface area (TPSA) is 38.0 Å². The van der Waals surface area contributed by atoms with Crippen molar-refractivity contribution in [1.82, 2.24) is 0 Å². The summed E-state index contributed by atoms with van der Waals surface area (Å²) in [5, 5.41) is 2.97. The largest absolute Gasteiger partial charge is 0.399 e. The number of benzene rings is 1. The van der Waals surface area contributed by atoms with E-state index in [-0.39, 0.29) is 17.4 Å². The van der Waals surface area contributed by atoms with E-state index in [1.165, 1.54) is 19.3 Å². The van der Waals surface area contributed by atoms with Crippen molar-refractivity contribution in [2.75, 3.05) is 11.1 Å². The first-order valence-electron chi connectivity index (χ1n) is 6.59. The maximum atomic E-state index is 13.7. The second kappa shape index (κ2) is 5.55. The zero-order chi connectivity index (χ0) is 13.1. The van der Waals surface area contributed by atoms with Gasteiger partial charge in [0.1, 0.15) is 5.69 Å². The Morgan fingerprint density at radius 3 is 2.28 bits per heavy atom. The summed E-state index contributed by atoms with van der Waals surface area (Å²) in [6.07, 6.45) is 5.96. The van der Waals surface area contributed by atoms with Gasteiger partial charge in [-0.15, -0.1) is 0 Å². The Morgan fingerprint density at radius 2 is 1.72 bits per heavy atom. The molecule has 2 rings (SSSR count). The molecule has 2 nitrogen and oxygen atoms in total. The van der Waals surface area contributed by atoms with Crippen LogP contribution >= 0.6 is 0 Å². The quantitative estimate of drug-likeness (QED) is 0.802. The molecule has 1 atom stereocenters. The van der Waals surface area contributed by atoms with Crippen molar-refractivity contribution < 1.29 is 8.78 Å². The van der Waals surface area contributed by atoms with Crippen molar-refractivity contribution in [1.29, 1.82) is 0 Å². The van der Waals surface area contributed by atoms with Gasteiger partial charge in [-0.1, -0.05) is 19.3 Å². The van der Waals surface area contributed by atoms with Crippen LogP contribution in [0.4, 0.5) is 20.2 Å². The van der Waals surface area contributed by atoms with Gasteiger partial charge in [0.15, 0.2) is 11.6 Å². The van der Waals surface area contributed by atoms with E-state index in [1.807, 2.05) is 6.92 Å². The predicted molar refractivity (Wildman–Crippen MR) is 70.4 cm³/mol. The number of hydrogen-bond donors (Lipinski definition) is 2. The Labute approximate surface area is 107 Å². The molecule has 1 unspecified atom stereocenters. The van der Waals surface area contributed by atoms with E-state index in [1.54, 1.807) is 0 Å². The molecule has 1 aromatic carbocycles. The van der Waals surface area contributed by atoms with Crippen LogP contribution in [0.1, 0.15) is 39.0 Å². The van der Waals surface area contributed by atoms with Gasteiger partial charge in [0.2, 0.25) is 0 Å². The summed E-state index contributed by atoms with van der Waals surface area (Å²) in [6, 6.07) is 2.38. The van der Waals surface area contributed by atoms with Gasteiger partial charge in [0, 0.05) is 11.7 Å². The number of rotatable bonds is 3. The van der Waals surface area contributed by atoms with Crippen molar-refractivity contribution in [2.24, 2.45) is 5.92 Å². The number of nitrogens with two attached hydrogens (primary N) is 1. The fourth-order valence-electron chi connectivity index (χ4n) is 2.71. The summed E-state index contributed by atoms with van der Waals surface area (Å²) in [6.45, 7) is 1.99. The normalized spacial score (nSPS) is 18.6. The lowest BCUT2D eigenvalue weighted by Gasteiger charge is -2.29. The monoisotopic (exact) mass is 254 g/mol. The molecular weight excluding hydrogens is 234 g/mol. The first kappa shape index (κ1) is 13.1. The van der Waals surface area contributed by atoms with Crippen LogP contribution in [-0.2, 0) is 0 Å². The molecule has 0 bridgehead atoms. The SMILES string of the molecule is CC(Nc1c(F)cc(N)cc1F)C1CCCCC1. The summed E-state index contributed by atoms with van der Waals surface area (Å²) in [4.78, 5) is 0. The average molecular weight is 254 g/mol. The molecule has 0 amide bonds. The van der Waals surface area contributed by atoms with E-state index in [2.05, 4.69) is 5.32 Å². The van der Waals surface area contributed by atoms with Gasteiger partial charge >= 0.3 is 0 Å². The van der Waals surface area contributed by atoms with Gasteiger partial charge in [-0.2, -0.15) is 0 Å². The molecule has 1 aliphatic rings. The van der Waals surface area contributed by atoms with Crippen molar-refractivity contribution in [3.63, 3.8) is 0 Å². The highest BCUT2D eigenvalue weighted by Crippen LogP contribution is 2.30. The number of nitrogen functional groups attached to an aromatic ring is 1. The second-order valence-electron chi connectivity index (χ2n) is 5.19. The third-order valence-corrected chi connectivity index (χ3v) is 3.79.